The van der Waals surface area contributed by atoms with E-state index in [0.29, 0.717) is 6.54 Å². The Labute approximate surface area is 110 Å². The molecule has 1 N–H and O–H groups in total. The molecule has 0 radical (unpaired) electrons. The zero-order valence-electron chi connectivity index (χ0n) is 12.0. The number of nitrogens with zero attached hydrogens (tertiary/aromatic N) is 3. The highest BCUT2D eigenvalue weighted by molar-refractivity contribution is 5.74. The van der Waals surface area contributed by atoms with Gasteiger partial charge in [-0.05, 0) is 20.8 Å². The van der Waals surface area contributed by atoms with Gasteiger partial charge in [-0.15, -0.1) is 0 Å². The summed E-state index contributed by atoms with van der Waals surface area (Å²) in [5.74, 6) is 0. The van der Waals surface area contributed by atoms with Gasteiger partial charge in [0.25, 0.3) is 0 Å². The molecule has 1 rings (SSSR count). The van der Waals surface area contributed by atoms with Crippen LogP contribution in [0.15, 0.2) is 17.1 Å². The molecule has 0 spiro atoms. The molecule has 2 amide bonds. The fraction of sp³-hybridized carbons (Fsp3) is 0.692. The minimum Gasteiger partial charge on any atom is -0.366 e. The largest absolute Gasteiger partial charge is 0.366 e. The molecule has 1 aliphatic heterocycles. The highest BCUT2D eigenvalue weighted by Crippen LogP contribution is 2.11. The molecule has 1 aliphatic rings. The Bertz CT molecular complexity index is 343. The Hall–Kier alpha value is -1.52. The summed E-state index contributed by atoms with van der Waals surface area (Å²) in [4.78, 5) is 19.6. The maximum atomic E-state index is 12.0. The van der Waals surface area contributed by atoms with Gasteiger partial charge in [-0.1, -0.05) is 12.2 Å². The number of aliphatic imine (C=N–C) groups is 1. The minimum atomic E-state index is -0.116. The van der Waals surface area contributed by atoms with E-state index in [0.717, 1.165) is 6.54 Å². The van der Waals surface area contributed by atoms with Crippen LogP contribution in [-0.2, 0) is 0 Å². The van der Waals surface area contributed by atoms with Crippen molar-refractivity contribution in [1.82, 2.24) is 15.1 Å². The van der Waals surface area contributed by atoms with Gasteiger partial charge in [-0.2, -0.15) is 0 Å². The van der Waals surface area contributed by atoms with Crippen molar-refractivity contribution in [3.05, 3.63) is 12.2 Å². The number of nitrogens with one attached hydrogen (secondary N) is 1. The fourth-order valence-electron chi connectivity index (χ4n) is 1.63. The molecule has 1 heterocycles. The van der Waals surface area contributed by atoms with E-state index in [4.69, 9.17) is 0 Å². The van der Waals surface area contributed by atoms with E-state index >= 15 is 0 Å². The van der Waals surface area contributed by atoms with Crippen molar-refractivity contribution in [2.45, 2.75) is 32.4 Å². The average molecular weight is 252 g/mol. The lowest BCUT2D eigenvalue weighted by Gasteiger charge is -2.28. The van der Waals surface area contributed by atoms with Crippen LogP contribution in [-0.4, -0.2) is 60.9 Å². The molecule has 5 nitrogen and oxygen atoms in total. The Morgan fingerprint density at radius 1 is 1.61 bits per heavy atom. The van der Waals surface area contributed by atoms with Crippen molar-refractivity contribution in [1.29, 1.82) is 0 Å². The summed E-state index contributed by atoms with van der Waals surface area (Å²) in [7, 11) is 3.63. The zero-order chi connectivity index (χ0) is 13.8. The third-order valence-electron chi connectivity index (χ3n) is 3.36. The van der Waals surface area contributed by atoms with Crippen molar-refractivity contribution >= 4 is 12.4 Å². The van der Waals surface area contributed by atoms with E-state index in [1.807, 2.05) is 34.0 Å². The molecule has 102 valence electrons. The lowest BCUT2D eigenvalue weighted by molar-refractivity contribution is 0.168. The van der Waals surface area contributed by atoms with Crippen LogP contribution in [0.4, 0.5) is 4.79 Å². The Morgan fingerprint density at radius 2 is 2.28 bits per heavy atom. The number of amides is 2. The van der Waals surface area contributed by atoms with Crippen LogP contribution in [0.25, 0.3) is 0 Å². The normalized spacial score (nSPS) is 24.1. The standard InChI is InChI=1S/C13H24N4O/c1-6-16(4)12(18)17(5)11(2)7-8-13(3)9-14-10-15-13/h7-8,10-11H,6,9H2,1-5H3,(H,14,15)/b8-7-/t11-,13?/m1/s1. The van der Waals surface area contributed by atoms with Gasteiger partial charge in [-0.3, -0.25) is 4.99 Å². The molecule has 0 saturated carbocycles. The summed E-state index contributed by atoms with van der Waals surface area (Å²) in [6.07, 6.45) is 5.86. The first-order chi connectivity index (χ1) is 8.39. The molecule has 1 unspecified atom stereocenters. The number of rotatable bonds is 4. The van der Waals surface area contributed by atoms with Gasteiger partial charge in [0.2, 0.25) is 0 Å². The Morgan fingerprint density at radius 3 is 2.78 bits per heavy atom. The van der Waals surface area contributed by atoms with E-state index in [1.54, 1.807) is 16.1 Å². The molecule has 18 heavy (non-hydrogen) atoms. The summed E-state index contributed by atoms with van der Waals surface area (Å²) in [5.41, 5.74) is -0.116. The summed E-state index contributed by atoms with van der Waals surface area (Å²) >= 11 is 0. The molecule has 0 bridgehead atoms. The molecular weight excluding hydrogens is 228 g/mol. The second-order valence-electron chi connectivity index (χ2n) is 5.04. The van der Waals surface area contributed by atoms with E-state index in [2.05, 4.69) is 23.3 Å². The number of urea groups is 1. The van der Waals surface area contributed by atoms with Gasteiger partial charge >= 0.3 is 6.03 Å². The van der Waals surface area contributed by atoms with Crippen molar-refractivity contribution in [3.63, 3.8) is 0 Å². The quantitative estimate of drug-likeness (QED) is 0.767. The van der Waals surface area contributed by atoms with Crippen molar-refractivity contribution < 1.29 is 4.79 Å². The van der Waals surface area contributed by atoms with Crippen LogP contribution in [0, 0.1) is 0 Å². The number of carbonyl (C=O) groups is 1. The minimum absolute atomic E-state index is 0.0374. The summed E-state index contributed by atoms with van der Waals surface area (Å²) in [5, 5.41) is 3.20. The van der Waals surface area contributed by atoms with Crippen molar-refractivity contribution in [2.24, 2.45) is 4.99 Å². The van der Waals surface area contributed by atoms with E-state index in [-0.39, 0.29) is 17.6 Å². The van der Waals surface area contributed by atoms with Gasteiger partial charge in [-0.25, -0.2) is 4.79 Å². The van der Waals surface area contributed by atoms with Gasteiger partial charge in [0.1, 0.15) is 0 Å². The third kappa shape index (κ3) is 3.48. The lowest BCUT2D eigenvalue weighted by atomic mass is 10.0. The molecular formula is C13H24N4O. The Balaban J connectivity index is 2.56. The van der Waals surface area contributed by atoms with Gasteiger partial charge in [0, 0.05) is 26.7 Å². The zero-order valence-corrected chi connectivity index (χ0v) is 12.0. The first kappa shape index (κ1) is 14.5. The maximum Gasteiger partial charge on any atom is 0.319 e. The summed E-state index contributed by atoms with van der Waals surface area (Å²) in [6.45, 7) is 7.52. The number of carbonyl (C=O) groups excluding carboxylic acids is 1. The lowest BCUT2D eigenvalue weighted by Crippen LogP contribution is -2.43. The fourth-order valence-corrected chi connectivity index (χ4v) is 1.63. The molecule has 2 atom stereocenters. The van der Waals surface area contributed by atoms with Gasteiger partial charge in [0.15, 0.2) is 0 Å². The van der Waals surface area contributed by atoms with E-state index in [1.165, 1.54) is 0 Å². The third-order valence-corrected chi connectivity index (χ3v) is 3.36. The summed E-state index contributed by atoms with van der Waals surface area (Å²) < 4.78 is 0. The molecule has 5 heteroatoms. The number of hydrogen-bond donors (Lipinski definition) is 1. The van der Waals surface area contributed by atoms with E-state index in [9.17, 15) is 4.79 Å². The average Bonchev–Trinajstić information content (AvgIpc) is 2.80. The SMILES string of the molecule is CCN(C)C(=O)N(C)[C@H](C)/C=C\C1(C)CN=CN1. The van der Waals surface area contributed by atoms with Crippen LogP contribution in [0.2, 0.25) is 0 Å². The number of likely N-dealkylation sites (N-methyl/N-ethyl adjacent to an activating group) is 1. The highest BCUT2D eigenvalue weighted by atomic mass is 16.2. The molecule has 0 aliphatic carbocycles. The topological polar surface area (TPSA) is 47.9 Å². The highest BCUT2D eigenvalue weighted by Gasteiger charge is 2.23. The molecule has 0 saturated heterocycles. The van der Waals surface area contributed by atoms with Crippen LogP contribution in [0.5, 0.6) is 0 Å². The van der Waals surface area contributed by atoms with Crippen LogP contribution in [0.1, 0.15) is 20.8 Å². The second-order valence-corrected chi connectivity index (χ2v) is 5.04. The maximum absolute atomic E-state index is 12.0. The summed E-state index contributed by atoms with van der Waals surface area (Å²) in [6, 6.07) is 0.0983. The van der Waals surface area contributed by atoms with Gasteiger partial charge < -0.3 is 15.1 Å². The van der Waals surface area contributed by atoms with Crippen LogP contribution < -0.4 is 5.32 Å². The molecule has 0 aromatic carbocycles. The number of hydrogen-bond acceptors (Lipinski definition) is 3. The Kier molecular flexibility index (Phi) is 4.76. The van der Waals surface area contributed by atoms with Crippen molar-refractivity contribution in [2.75, 3.05) is 27.2 Å². The predicted molar refractivity (Wildman–Crippen MR) is 75.0 cm³/mol. The van der Waals surface area contributed by atoms with Crippen LogP contribution >= 0.6 is 0 Å². The molecule has 0 fully saturated rings. The monoisotopic (exact) mass is 252 g/mol. The second kappa shape index (κ2) is 5.89. The van der Waals surface area contributed by atoms with E-state index < -0.39 is 0 Å². The van der Waals surface area contributed by atoms with Crippen molar-refractivity contribution in [3.8, 4) is 0 Å². The first-order valence-electron chi connectivity index (χ1n) is 6.33. The van der Waals surface area contributed by atoms with Gasteiger partial charge in [0.05, 0.1) is 18.4 Å². The van der Waals surface area contributed by atoms with Crippen LogP contribution in [0.3, 0.4) is 0 Å². The molecule has 0 aromatic rings. The first-order valence-corrected chi connectivity index (χ1v) is 6.33. The smallest absolute Gasteiger partial charge is 0.319 e. The predicted octanol–water partition coefficient (Wildman–Crippen LogP) is 1.32. The molecule has 0 aromatic heterocycles.